The number of ether oxygens (including phenoxy) is 1. The van der Waals surface area contributed by atoms with Gasteiger partial charge in [0, 0.05) is 17.5 Å². The minimum absolute atomic E-state index is 0.0742. The smallest absolute Gasteiger partial charge is 0.337 e. The first-order chi connectivity index (χ1) is 8.76. The molecule has 5 nitrogen and oxygen atoms in total. The first-order valence-electron chi connectivity index (χ1n) is 5.40. The van der Waals surface area contributed by atoms with Gasteiger partial charge in [0.15, 0.2) is 0 Å². The van der Waals surface area contributed by atoms with E-state index in [1.807, 2.05) is 12.1 Å². The van der Waals surface area contributed by atoms with Crippen LogP contribution in [-0.2, 0) is 11.3 Å². The zero-order valence-electron chi connectivity index (χ0n) is 9.84. The second-order valence-electron chi connectivity index (χ2n) is 3.73. The van der Waals surface area contributed by atoms with Gasteiger partial charge >= 0.3 is 5.97 Å². The molecule has 1 aromatic carbocycles. The minimum atomic E-state index is -0.387. The number of hydrogen-bond donors (Lipinski definition) is 1. The summed E-state index contributed by atoms with van der Waals surface area (Å²) < 4.78 is 4.67. The van der Waals surface area contributed by atoms with Gasteiger partial charge in [0.05, 0.1) is 12.7 Å². The van der Waals surface area contributed by atoms with Crippen LogP contribution in [0.15, 0.2) is 41.7 Å². The van der Waals surface area contributed by atoms with E-state index in [0.717, 1.165) is 16.8 Å². The Bertz CT molecular complexity index is 575. The molecule has 0 bridgehead atoms. The lowest BCUT2D eigenvalue weighted by Gasteiger charge is -2.04. The quantitative estimate of drug-likeness (QED) is 0.664. The zero-order chi connectivity index (χ0) is 13.0. The van der Waals surface area contributed by atoms with Crippen molar-refractivity contribution in [2.45, 2.75) is 6.54 Å². The number of nitroso groups, excluding NO2 is 1. The predicted molar refractivity (Wildman–Crippen MR) is 67.1 cm³/mol. The van der Waals surface area contributed by atoms with Crippen molar-refractivity contribution in [3.8, 4) is 11.1 Å². The third-order valence-corrected chi connectivity index (χ3v) is 2.65. The highest BCUT2D eigenvalue weighted by Crippen LogP contribution is 2.24. The Morgan fingerprint density at radius 3 is 2.94 bits per heavy atom. The van der Waals surface area contributed by atoms with Gasteiger partial charge in [-0.15, -0.1) is 0 Å². The van der Waals surface area contributed by atoms with Crippen molar-refractivity contribution < 1.29 is 9.53 Å². The molecule has 0 fully saturated rings. The van der Waals surface area contributed by atoms with Gasteiger partial charge in [-0.25, -0.2) is 4.79 Å². The molecule has 0 saturated heterocycles. The van der Waals surface area contributed by atoms with Crippen LogP contribution in [-0.4, -0.2) is 18.1 Å². The average molecular weight is 244 g/mol. The Hall–Kier alpha value is -2.43. The Balaban J connectivity index is 2.41. The van der Waals surface area contributed by atoms with Crippen LogP contribution in [0.2, 0.25) is 0 Å². The van der Waals surface area contributed by atoms with E-state index in [0.29, 0.717) is 5.56 Å². The summed E-state index contributed by atoms with van der Waals surface area (Å²) in [4.78, 5) is 24.7. The van der Waals surface area contributed by atoms with Crippen molar-refractivity contribution in [2.24, 2.45) is 5.18 Å². The SMILES string of the molecule is COC(=O)c1cccc(-c2cc[nH]c2CN=O)c1. The number of methoxy groups -OCH3 is 1. The molecule has 2 rings (SSSR count). The predicted octanol–water partition coefficient (Wildman–Crippen LogP) is 2.73. The third kappa shape index (κ3) is 2.29. The van der Waals surface area contributed by atoms with Crippen LogP contribution in [0.1, 0.15) is 16.1 Å². The number of rotatable bonds is 4. The molecule has 0 aliphatic heterocycles. The molecular formula is C13H12N2O3. The molecule has 0 amide bonds. The zero-order valence-corrected chi connectivity index (χ0v) is 9.84. The molecule has 0 saturated carbocycles. The lowest BCUT2D eigenvalue weighted by Crippen LogP contribution is -2.00. The van der Waals surface area contributed by atoms with Crippen LogP contribution in [0, 0.1) is 4.91 Å². The van der Waals surface area contributed by atoms with Crippen LogP contribution >= 0.6 is 0 Å². The Morgan fingerprint density at radius 1 is 1.39 bits per heavy atom. The van der Waals surface area contributed by atoms with Crippen molar-refractivity contribution in [2.75, 3.05) is 7.11 Å². The number of benzene rings is 1. The highest BCUT2D eigenvalue weighted by Gasteiger charge is 2.10. The number of carbonyl (C=O) groups is 1. The molecule has 0 aliphatic rings. The Kier molecular flexibility index (Phi) is 3.52. The molecule has 92 valence electrons. The Morgan fingerprint density at radius 2 is 2.22 bits per heavy atom. The summed E-state index contributed by atoms with van der Waals surface area (Å²) in [6.07, 6.45) is 1.74. The van der Waals surface area contributed by atoms with E-state index in [2.05, 4.69) is 14.9 Å². The van der Waals surface area contributed by atoms with E-state index in [1.54, 1.807) is 24.4 Å². The van der Waals surface area contributed by atoms with E-state index < -0.39 is 0 Å². The third-order valence-electron chi connectivity index (χ3n) is 2.65. The topological polar surface area (TPSA) is 71.5 Å². The largest absolute Gasteiger partial charge is 0.465 e. The van der Waals surface area contributed by atoms with E-state index >= 15 is 0 Å². The molecule has 0 radical (unpaired) electrons. The number of nitrogens with zero attached hydrogens (tertiary/aromatic N) is 1. The molecular weight excluding hydrogens is 232 g/mol. The summed E-state index contributed by atoms with van der Waals surface area (Å²) in [7, 11) is 1.34. The average Bonchev–Trinajstić information content (AvgIpc) is 2.87. The van der Waals surface area contributed by atoms with Crippen LogP contribution in [0.3, 0.4) is 0 Å². The van der Waals surface area contributed by atoms with Gasteiger partial charge in [0.25, 0.3) is 0 Å². The summed E-state index contributed by atoms with van der Waals surface area (Å²) in [5.41, 5.74) is 2.91. The van der Waals surface area contributed by atoms with Crippen molar-refractivity contribution in [3.63, 3.8) is 0 Å². The summed E-state index contributed by atoms with van der Waals surface area (Å²) in [5.74, 6) is -0.387. The second kappa shape index (κ2) is 5.27. The maximum Gasteiger partial charge on any atom is 0.337 e. The molecule has 0 atom stereocenters. The highest BCUT2D eigenvalue weighted by atomic mass is 16.5. The lowest BCUT2D eigenvalue weighted by molar-refractivity contribution is 0.0601. The Labute approximate surface area is 104 Å². The fourth-order valence-electron chi connectivity index (χ4n) is 1.80. The number of hydrogen-bond acceptors (Lipinski definition) is 4. The summed E-state index contributed by atoms with van der Waals surface area (Å²) >= 11 is 0. The highest BCUT2D eigenvalue weighted by molar-refractivity contribution is 5.91. The fraction of sp³-hybridized carbons (Fsp3) is 0.154. The maximum absolute atomic E-state index is 11.4. The van der Waals surface area contributed by atoms with Gasteiger partial charge in [-0.1, -0.05) is 17.3 Å². The maximum atomic E-state index is 11.4. The first kappa shape index (κ1) is 12.0. The van der Waals surface area contributed by atoms with E-state index in [1.165, 1.54) is 7.11 Å². The van der Waals surface area contributed by atoms with Gasteiger partial charge < -0.3 is 9.72 Å². The molecule has 0 unspecified atom stereocenters. The number of aromatic amines is 1. The number of H-pyrrole nitrogens is 1. The van der Waals surface area contributed by atoms with Crippen LogP contribution in [0.4, 0.5) is 0 Å². The number of aromatic nitrogens is 1. The fourth-order valence-corrected chi connectivity index (χ4v) is 1.80. The molecule has 1 heterocycles. The van der Waals surface area contributed by atoms with E-state index in [-0.39, 0.29) is 12.5 Å². The summed E-state index contributed by atoms with van der Waals surface area (Å²) in [6.45, 7) is 0.0742. The number of carbonyl (C=O) groups excluding carboxylic acids is 1. The van der Waals surface area contributed by atoms with Crippen LogP contribution in [0.25, 0.3) is 11.1 Å². The lowest BCUT2D eigenvalue weighted by atomic mass is 10.0. The van der Waals surface area contributed by atoms with E-state index in [4.69, 9.17) is 0 Å². The molecule has 1 aromatic heterocycles. The summed E-state index contributed by atoms with van der Waals surface area (Å²) in [6, 6.07) is 8.89. The monoisotopic (exact) mass is 244 g/mol. The van der Waals surface area contributed by atoms with Crippen molar-refractivity contribution in [1.82, 2.24) is 4.98 Å². The van der Waals surface area contributed by atoms with Crippen LogP contribution < -0.4 is 0 Å². The standard InChI is InChI=1S/C13H12N2O3/c1-18-13(16)10-4-2-3-9(7-10)11-5-6-14-12(11)8-15-17/h2-7,14H,8H2,1H3. The van der Waals surface area contributed by atoms with Gasteiger partial charge in [-0.05, 0) is 23.8 Å². The molecule has 2 aromatic rings. The number of nitrogens with one attached hydrogen (secondary N) is 1. The molecule has 0 spiro atoms. The second-order valence-corrected chi connectivity index (χ2v) is 3.73. The van der Waals surface area contributed by atoms with Crippen molar-refractivity contribution in [1.29, 1.82) is 0 Å². The van der Waals surface area contributed by atoms with Crippen molar-refractivity contribution in [3.05, 3.63) is 52.7 Å². The van der Waals surface area contributed by atoms with Gasteiger partial charge in [-0.2, -0.15) is 4.91 Å². The normalized spacial score (nSPS) is 10.1. The minimum Gasteiger partial charge on any atom is -0.465 e. The first-order valence-corrected chi connectivity index (χ1v) is 5.40. The van der Waals surface area contributed by atoms with Gasteiger partial charge in [0.1, 0.15) is 6.54 Å². The number of esters is 1. The van der Waals surface area contributed by atoms with Gasteiger partial charge in [-0.3, -0.25) is 0 Å². The molecule has 0 aliphatic carbocycles. The van der Waals surface area contributed by atoms with Crippen molar-refractivity contribution >= 4 is 5.97 Å². The molecule has 18 heavy (non-hydrogen) atoms. The van der Waals surface area contributed by atoms with Crippen LogP contribution in [0.5, 0.6) is 0 Å². The van der Waals surface area contributed by atoms with E-state index in [9.17, 15) is 9.70 Å². The molecule has 1 N–H and O–H groups in total. The van der Waals surface area contributed by atoms with Gasteiger partial charge in [0.2, 0.25) is 0 Å². The summed E-state index contributed by atoms with van der Waals surface area (Å²) in [5, 5.41) is 2.87. The molecule has 5 heteroatoms.